The monoisotopic (exact) mass is 484 g/mol. The van der Waals surface area contributed by atoms with Gasteiger partial charge in [-0.25, -0.2) is 9.97 Å². The lowest BCUT2D eigenvalue weighted by atomic mass is 9.92. The number of hydrogen-bond donors (Lipinski definition) is 0. The molecule has 178 valence electrons. The lowest BCUT2D eigenvalue weighted by Gasteiger charge is -2.15. The highest BCUT2D eigenvalue weighted by Crippen LogP contribution is 2.38. The second-order valence-electron chi connectivity index (χ2n) is 10.2. The van der Waals surface area contributed by atoms with E-state index >= 15 is 0 Å². The number of aromatic nitrogens is 2. The van der Waals surface area contributed by atoms with Crippen molar-refractivity contribution in [1.82, 2.24) is 9.97 Å². The summed E-state index contributed by atoms with van der Waals surface area (Å²) in [5, 5.41) is 9.79. The third-order valence-corrected chi connectivity index (χ3v) is 7.93. The van der Waals surface area contributed by atoms with Crippen LogP contribution in [0.5, 0.6) is 0 Å². The van der Waals surface area contributed by atoms with Crippen LogP contribution in [-0.4, -0.2) is 9.97 Å². The van der Waals surface area contributed by atoms with Crippen LogP contribution in [-0.2, 0) is 0 Å². The molecule has 7 aromatic rings. The van der Waals surface area contributed by atoms with Gasteiger partial charge < -0.3 is 0 Å². The average molecular weight is 485 g/mol. The molecule has 8 rings (SSSR count). The molecule has 1 aliphatic rings. The molecule has 2 aromatic heterocycles. The van der Waals surface area contributed by atoms with E-state index in [1.807, 2.05) is 0 Å². The highest BCUT2D eigenvalue weighted by Gasteiger charge is 2.15. The fourth-order valence-electron chi connectivity index (χ4n) is 6.03. The molecule has 0 bridgehead atoms. The largest absolute Gasteiger partial charge is 0.250 e. The Kier molecular flexibility index (Phi) is 4.68. The number of nitrogens with zero attached hydrogens (tertiary/aromatic N) is 2. The van der Waals surface area contributed by atoms with E-state index < -0.39 is 0 Å². The van der Waals surface area contributed by atoms with Crippen LogP contribution in [0.2, 0.25) is 0 Å². The summed E-state index contributed by atoms with van der Waals surface area (Å²) in [7, 11) is 0. The Morgan fingerprint density at radius 2 is 1.24 bits per heavy atom. The summed E-state index contributed by atoms with van der Waals surface area (Å²) in [4.78, 5) is 10.4. The minimum Gasteiger partial charge on any atom is -0.250 e. The molecule has 2 heteroatoms. The van der Waals surface area contributed by atoms with Gasteiger partial charge in [-0.2, -0.15) is 0 Å². The summed E-state index contributed by atoms with van der Waals surface area (Å²) >= 11 is 0. The molecule has 38 heavy (non-hydrogen) atoms. The summed E-state index contributed by atoms with van der Waals surface area (Å²) < 4.78 is 0. The smallest absolute Gasteiger partial charge is 0.0972 e. The maximum atomic E-state index is 5.28. The third-order valence-electron chi connectivity index (χ3n) is 7.93. The normalized spacial score (nSPS) is 15.3. The summed E-state index contributed by atoms with van der Waals surface area (Å²) in [6.07, 6.45) is 9.66. The summed E-state index contributed by atoms with van der Waals surface area (Å²) in [6.45, 7) is 0. The molecule has 0 amide bonds. The van der Waals surface area contributed by atoms with E-state index in [1.165, 1.54) is 32.3 Å². The molecule has 0 spiro atoms. The fourth-order valence-corrected chi connectivity index (χ4v) is 6.03. The zero-order chi connectivity index (χ0) is 25.1. The summed E-state index contributed by atoms with van der Waals surface area (Å²) in [5.41, 5.74) is 5.16. The molecule has 1 atom stereocenters. The van der Waals surface area contributed by atoms with Crippen LogP contribution in [0.4, 0.5) is 0 Å². The topological polar surface area (TPSA) is 25.8 Å². The Labute approximate surface area is 220 Å². The molecule has 2 nitrogen and oxygen atoms in total. The molecule has 0 N–H and O–H groups in total. The third kappa shape index (κ3) is 3.27. The predicted octanol–water partition coefficient (Wildman–Crippen LogP) is 9.51. The quantitative estimate of drug-likeness (QED) is 0.228. The van der Waals surface area contributed by atoms with Gasteiger partial charge in [-0.05, 0) is 56.9 Å². The Balaban J connectivity index is 1.39. The number of fused-ring (bicyclic) bond motifs is 8. The van der Waals surface area contributed by atoms with Crippen molar-refractivity contribution in [3.63, 3.8) is 0 Å². The average Bonchev–Trinajstić information content (AvgIpc) is 3.00. The van der Waals surface area contributed by atoms with Gasteiger partial charge >= 0.3 is 0 Å². The van der Waals surface area contributed by atoms with Crippen LogP contribution in [0.25, 0.3) is 65.4 Å². The van der Waals surface area contributed by atoms with Crippen molar-refractivity contribution in [2.24, 2.45) is 0 Å². The fraction of sp³-hybridized carbons (Fsp3) is 0.0556. The van der Waals surface area contributed by atoms with Gasteiger partial charge in [0.25, 0.3) is 0 Å². The summed E-state index contributed by atoms with van der Waals surface area (Å²) in [5.74, 6) is 0.307. The highest BCUT2D eigenvalue weighted by atomic mass is 14.8. The first-order valence-corrected chi connectivity index (χ1v) is 13.2. The number of rotatable bonds is 2. The van der Waals surface area contributed by atoms with E-state index in [0.717, 1.165) is 45.2 Å². The van der Waals surface area contributed by atoms with Crippen LogP contribution in [0.15, 0.2) is 127 Å². The second kappa shape index (κ2) is 8.36. The number of hydrogen-bond acceptors (Lipinski definition) is 2. The Morgan fingerprint density at radius 3 is 2.08 bits per heavy atom. The first-order valence-electron chi connectivity index (χ1n) is 13.2. The Morgan fingerprint density at radius 1 is 0.553 bits per heavy atom. The van der Waals surface area contributed by atoms with E-state index in [9.17, 15) is 0 Å². The lowest BCUT2D eigenvalue weighted by molar-refractivity contribution is 0.822. The molecule has 0 radical (unpaired) electrons. The highest BCUT2D eigenvalue weighted by molar-refractivity contribution is 6.23. The van der Waals surface area contributed by atoms with Gasteiger partial charge in [0.15, 0.2) is 0 Å². The molecule has 0 aliphatic heterocycles. The van der Waals surface area contributed by atoms with E-state index in [4.69, 9.17) is 9.97 Å². The van der Waals surface area contributed by atoms with Gasteiger partial charge in [0.1, 0.15) is 0 Å². The van der Waals surface area contributed by atoms with E-state index in [2.05, 4.69) is 127 Å². The van der Waals surface area contributed by atoms with Crippen molar-refractivity contribution >= 4 is 54.1 Å². The van der Waals surface area contributed by atoms with E-state index in [0.29, 0.717) is 5.92 Å². The first-order chi connectivity index (χ1) is 18.8. The standard InChI is InChI=1S/C36H24N2/c1-2-9-24(10-3-1)32-20-18-25-15-16-26-19-21-33(38-36(26)35(25)37-32)31-22-27-17-14-23-8-4-5-11-28(23)34(27)30-13-7-6-12-29(30)31/h1-9,11-22,24H,10H2. The van der Waals surface area contributed by atoms with Gasteiger partial charge in [-0.3, -0.25) is 0 Å². The van der Waals surface area contributed by atoms with Crippen LogP contribution in [0.3, 0.4) is 0 Å². The second-order valence-corrected chi connectivity index (χ2v) is 10.2. The van der Waals surface area contributed by atoms with Crippen LogP contribution in [0.1, 0.15) is 18.0 Å². The zero-order valence-corrected chi connectivity index (χ0v) is 20.8. The molecule has 0 fully saturated rings. The van der Waals surface area contributed by atoms with Crippen molar-refractivity contribution in [1.29, 1.82) is 0 Å². The number of allylic oxidation sites excluding steroid dienone is 4. The summed E-state index contributed by atoms with van der Waals surface area (Å²) in [6, 6.07) is 37.1. The minimum atomic E-state index is 0.307. The van der Waals surface area contributed by atoms with Gasteiger partial charge in [0.05, 0.1) is 16.7 Å². The van der Waals surface area contributed by atoms with Gasteiger partial charge in [0, 0.05) is 27.9 Å². The van der Waals surface area contributed by atoms with Crippen molar-refractivity contribution in [3.05, 3.63) is 133 Å². The maximum Gasteiger partial charge on any atom is 0.0972 e. The molecule has 2 heterocycles. The molecule has 0 saturated heterocycles. The van der Waals surface area contributed by atoms with Crippen LogP contribution < -0.4 is 0 Å². The van der Waals surface area contributed by atoms with Crippen molar-refractivity contribution in [2.75, 3.05) is 0 Å². The Hall–Kier alpha value is -4.82. The number of benzene rings is 5. The molecule has 1 aliphatic carbocycles. The molecule has 5 aromatic carbocycles. The van der Waals surface area contributed by atoms with Crippen molar-refractivity contribution in [2.45, 2.75) is 12.3 Å². The van der Waals surface area contributed by atoms with E-state index in [-0.39, 0.29) is 0 Å². The lowest BCUT2D eigenvalue weighted by Crippen LogP contribution is -2.00. The Bertz CT molecular complexity index is 2120. The van der Waals surface area contributed by atoms with Gasteiger partial charge in [-0.1, -0.05) is 109 Å². The first kappa shape index (κ1) is 21.3. The van der Waals surface area contributed by atoms with Crippen molar-refractivity contribution < 1.29 is 0 Å². The molecule has 1 unspecified atom stereocenters. The molecule has 0 saturated carbocycles. The molecular weight excluding hydrogens is 460 g/mol. The van der Waals surface area contributed by atoms with Gasteiger partial charge in [0.2, 0.25) is 0 Å². The minimum absolute atomic E-state index is 0.307. The predicted molar refractivity (Wildman–Crippen MR) is 161 cm³/mol. The zero-order valence-electron chi connectivity index (χ0n) is 20.8. The maximum absolute atomic E-state index is 5.28. The van der Waals surface area contributed by atoms with Gasteiger partial charge in [-0.15, -0.1) is 0 Å². The number of pyridine rings is 2. The van der Waals surface area contributed by atoms with Crippen LogP contribution in [0, 0.1) is 0 Å². The molecular formula is C36H24N2. The van der Waals surface area contributed by atoms with E-state index in [1.54, 1.807) is 0 Å². The van der Waals surface area contributed by atoms with Crippen molar-refractivity contribution in [3.8, 4) is 11.3 Å². The van der Waals surface area contributed by atoms with Crippen LogP contribution >= 0.6 is 0 Å². The SMILES string of the molecule is C1=CCC(c2ccc3ccc4ccc(-c5cc6ccc7ccccc7c6c6ccccc56)nc4c3n2)C=C1.